The number of methoxy groups -OCH3 is 1. The highest BCUT2D eigenvalue weighted by molar-refractivity contribution is 7.84. The molecule has 0 aromatic heterocycles. The lowest BCUT2D eigenvalue weighted by Gasteiger charge is -2.28. The molecule has 7 heteroatoms. The first-order chi connectivity index (χ1) is 12.4. The van der Waals surface area contributed by atoms with Crippen LogP contribution < -0.4 is 5.32 Å². The van der Waals surface area contributed by atoms with Crippen molar-refractivity contribution in [3.8, 4) is 6.07 Å². The van der Waals surface area contributed by atoms with Crippen LogP contribution in [-0.4, -0.2) is 25.7 Å². The standard InChI is InChI=1S/C19H18N2O4S/c1-4-9-25-19(23)15-11(2)21-17(26)14(10-20)16(15)12-5-7-13(8-6-12)18(22)24-3/h4-8,16,21,26H,1,9H2,2-3H3/t16-/m1/s1. The summed E-state index contributed by atoms with van der Waals surface area (Å²) in [6.07, 6.45) is 1.47. The molecule has 0 saturated heterocycles. The van der Waals surface area contributed by atoms with Crippen LogP contribution in [0.15, 0.2) is 58.8 Å². The van der Waals surface area contributed by atoms with Crippen LogP contribution in [0.4, 0.5) is 0 Å². The number of allylic oxidation sites excluding steroid dienone is 2. The second-order valence-corrected chi connectivity index (χ2v) is 5.92. The van der Waals surface area contributed by atoms with E-state index in [2.05, 4.69) is 35.3 Å². The van der Waals surface area contributed by atoms with E-state index >= 15 is 0 Å². The quantitative estimate of drug-likeness (QED) is 0.471. The number of nitrogens with zero attached hydrogens (tertiary/aromatic N) is 1. The number of carbonyl (C=O) groups excluding carboxylic acids is 2. The van der Waals surface area contributed by atoms with Crippen LogP contribution in [0.2, 0.25) is 0 Å². The fourth-order valence-electron chi connectivity index (χ4n) is 2.67. The van der Waals surface area contributed by atoms with Crippen molar-refractivity contribution >= 4 is 24.6 Å². The Labute approximate surface area is 157 Å². The van der Waals surface area contributed by atoms with E-state index < -0.39 is 17.9 Å². The van der Waals surface area contributed by atoms with Crippen LogP contribution in [0.5, 0.6) is 0 Å². The average molecular weight is 370 g/mol. The number of nitrogens with one attached hydrogen (secondary N) is 1. The van der Waals surface area contributed by atoms with Gasteiger partial charge < -0.3 is 14.8 Å². The van der Waals surface area contributed by atoms with Crippen LogP contribution in [0.25, 0.3) is 0 Å². The summed E-state index contributed by atoms with van der Waals surface area (Å²) in [4.78, 5) is 24.2. The number of ether oxygens (including phenoxy) is 2. The Morgan fingerprint density at radius 3 is 2.54 bits per heavy atom. The number of dihydropyridines is 1. The molecule has 1 heterocycles. The van der Waals surface area contributed by atoms with Crippen molar-refractivity contribution in [3.05, 3.63) is 69.9 Å². The lowest BCUT2D eigenvalue weighted by molar-refractivity contribution is -0.138. The van der Waals surface area contributed by atoms with Gasteiger partial charge in [-0.05, 0) is 24.6 Å². The van der Waals surface area contributed by atoms with Gasteiger partial charge in [-0.1, -0.05) is 24.8 Å². The molecule has 1 aliphatic heterocycles. The summed E-state index contributed by atoms with van der Waals surface area (Å²) in [5.41, 5.74) is 2.18. The third-order valence-corrected chi connectivity index (χ3v) is 4.23. The van der Waals surface area contributed by atoms with Gasteiger partial charge in [-0.3, -0.25) is 0 Å². The Balaban J connectivity index is 2.52. The lowest BCUT2D eigenvalue weighted by Crippen LogP contribution is -2.28. The zero-order valence-corrected chi connectivity index (χ0v) is 15.3. The predicted octanol–water partition coefficient (Wildman–Crippen LogP) is 2.83. The van der Waals surface area contributed by atoms with Crippen molar-refractivity contribution < 1.29 is 19.1 Å². The molecule has 0 radical (unpaired) electrons. The second-order valence-electron chi connectivity index (χ2n) is 5.47. The Kier molecular flexibility index (Phi) is 6.26. The van der Waals surface area contributed by atoms with Crippen molar-refractivity contribution in [1.82, 2.24) is 5.32 Å². The molecule has 1 aliphatic rings. The fourth-order valence-corrected chi connectivity index (χ4v) is 3.02. The number of esters is 2. The first-order valence-corrected chi connectivity index (χ1v) is 8.16. The van der Waals surface area contributed by atoms with Gasteiger partial charge in [0.2, 0.25) is 0 Å². The molecule has 0 aliphatic carbocycles. The molecule has 0 spiro atoms. The molecule has 0 bridgehead atoms. The smallest absolute Gasteiger partial charge is 0.337 e. The number of hydrogen-bond acceptors (Lipinski definition) is 7. The van der Waals surface area contributed by atoms with Crippen molar-refractivity contribution in [3.63, 3.8) is 0 Å². The molecule has 1 aromatic carbocycles. The van der Waals surface area contributed by atoms with E-state index in [1.54, 1.807) is 31.2 Å². The number of rotatable bonds is 5. The van der Waals surface area contributed by atoms with Gasteiger partial charge in [0.05, 0.1) is 40.8 Å². The zero-order chi connectivity index (χ0) is 19.3. The third-order valence-electron chi connectivity index (χ3n) is 3.88. The fraction of sp³-hybridized carbons (Fsp3) is 0.211. The molecule has 0 fully saturated rings. The Hall–Kier alpha value is -2.98. The SMILES string of the molecule is C=CCOC(=O)C1=C(C)NC(S)=C(C#N)[C@H]1c1ccc(C(=O)OC)cc1. The molecule has 1 atom stereocenters. The van der Waals surface area contributed by atoms with Gasteiger partial charge in [0.15, 0.2) is 0 Å². The maximum atomic E-state index is 12.5. The molecule has 134 valence electrons. The highest BCUT2D eigenvalue weighted by atomic mass is 32.1. The molecule has 0 unspecified atom stereocenters. The van der Waals surface area contributed by atoms with Crippen LogP contribution in [0.3, 0.4) is 0 Å². The Bertz CT molecular complexity index is 847. The van der Waals surface area contributed by atoms with Crippen molar-refractivity contribution in [2.75, 3.05) is 13.7 Å². The number of hydrogen-bond donors (Lipinski definition) is 2. The number of thiol groups is 1. The molecule has 1 aromatic rings. The van der Waals surface area contributed by atoms with Crippen LogP contribution in [0.1, 0.15) is 28.8 Å². The average Bonchev–Trinajstić information content (AvgIpc) is 2.65. The van der Waals surface area contributed by atoms with Crippen LogP contribution in [0, 0.1) is 11.3 Å². The first kappa shape index (κ1) is 19.3. The molecule has 0 saturated carbocycles. The van der Waals surface area contributed by atoms with E-state index in [-0.39, 0.29) is 12.2 Å². The largest absolute Gasteiger partial charge is 0.465 e. The molecule has 1 N–H and O–H groups in total. The Morgan fingerprint density at radius 2 is 2.00 bits per heavy atom. The van der Waals surface area contributed by atoms with Gasteiger partial charge in [0.1, 0.15) is 6.61 Å². The van der Waals surface area contributed by atoms with Crippen molar-refractivity contribution in [2.45, 2.75) is 12.8 Å². The van der Waals surface area contributed by atoms with E-state index in [1.807, 2.05) is 0 Å². The van der Waals surface area contributed by atoms with E-state index in [9.17, 15) is 14.9 Å². The zero-order valence-electron chi connectivity index (χ0n) is 14.4. The van der Waals surface area contributed by atoms with Crippen LogP contribution in [-0.2, 0) is 14.3 Å². The van der Waals surface area contributed by atoms with Gasteiger partial charge in [0.25, 0.3) is 0 Å². The highest BCUT2D eigenvalue weighted by Crippen LogP contribution is 2.39. The Morgan fingerprint density at radius 1 is 1.35 bits per heavy atom. The van der Waals surface area contributed by atoms with Gasteiger partial charge in [-0.15, -0.1) is 12.6 Å². The summed E-state index contributed by atoms with van der Waals surface area (Å²) < 4.78 is 9.86. The summed E-state index contributed by atoms with van der Waals surface area (Å²) in [6, 6.07) is 8.61. The normalized spacial score (nSPS) is 16.5. The van der Waals surface area contributed by atoms with E-state index in [0.717, 1.165) is 0 Å². The second kappa shape index (κ2) is 8.41. The molecular weight excluding hydrogens is 352 g/mol. The van der Waals surface area contributed by atoms with E-state index in [0.29, 0.717) is 27.4 Å². The van der Waals surface area contributed by atoms with E-state index in [1.165, 1.54) is 13.2 Å². The summed E-state index contributed by atoms with van der Waals surface area (Å²) in [6.45, 7) is 5.30. The van der Waals surface area contributed by atoms with Crippen molar-refractivity contribution in [2.24, 2.45) is 0 Å². The topological polar surface area (TPSA) is 88.4 Å². The monoisotopic (exact) mass is 370 g/mol. The molecule has 26 heavy (non-hydrogen) atoms. The van der Waals surface area contributed by atoms with E-state index in [4.69, 9.17) is 4.74 Å². The number of nitriles is 1. The third kappa shape index (κ3) is 3.81. The maximum absolute atomic E-state index is 12.5. The molecule has 2 rings (SSSR count). The van der Waals surface area contributed by atoms with Gasteiger partial charge in [-0.2, -0.15) is 5.26 Å². The van der Waals surface area contributed by atoms with Gasteiger partial charge in [-0.25, -0.2) is 9.59 Å². The summed E-state index contributed by atoms with van der Waals surface area (Å²) in [5, 5.41) is 12.9. The predicted molar refractivity (Wildman–Crippen MR) is 99.1 cm³/mol. The summed E-state index contributed by atoms with van der Waals surface area (Å²) in [7, 11) is 1.30. The molecule has 0 amide bonds. The highest BCUT2D eigenvalue weighted by Gasteiger charge is 2.34. The summed E-state index contributed by atoms with van der Waals surface area (Å²) >= 11 is 4.32. The van der Waals surface area contributed by atoms with Gasteiger partial charge in [0, 0.05) is 5.70 Å². The minimum atomic E-state index is -0.655. The molecule has 6 nitrogen and oxygen atoms in total. The lowest BCUT2D eigenvalue weighted by atomic mass is 9.82. The van der Waals surface area contributed by atoms with Crippen molar-refractivity contribution in [1.29, 1.82) is 5.26 Å². The maximum Gasteiger partial charge on any atom is 0.337 e. The summed E-state index contributed by atoms with van der Waals surface area (Å²) in [5.74, 6) is -1.67. The molecular formula is C19H18N2O4S. The van der Waals surface area contributed by atoms with Crippen LogP contribution >= 0.6 is 12.6 Å². The number of carbonyl (C=O) groups is 2. The van der Waals surface area contributed by atoms with Gasteiger partial charge >= 0.3 is 11.9 Å². The number of benzene rings is 1. The minimum Gasteiger partial charge on any atom is -0.465 e. The minimum absolute atomic E-state index is 0.0585. The first-order valence-electron chi connectivity index (χ1n) is 7.71.